The minimum absolute atomic E-state index is 0.179. The first-order valence-corrected chi connectivity index (χ1v) is 13.0. The fraction of sp³-hybridized carbons (Fsp3) is 0.200. The maximum Gasteiger partial charge on any atom is 0.295 e. The number of amides is 2. The van der Waals surface area contributed by atoms with Crippen LogP contribution in [0.4, 0.5) is 0 Å². The Morgan fingerprint density at radius 3 is 2.66 bits per heavy atom. The number of hydrogen-bond acceptors (Lipinski definition) is 7. The molecule has 0 bridgehead atoms. The Hall–Kier alpha value is -5.32. The number of carbonyl (C=O) groups excluding carboxylic acids is 3. The number of fused-ring (bicyclic) bond motifs is 2. The van der Waals surface area contributed by atoms with Gasteiger partial charge in [-0.1, -0.05) is 24.3 Å². The van der Waals surface area contributed by atoms with E-state index in [1.807, 2.05) is 36.4 Å². The van der Waals surface area contributed by atoms with Gasteiger partial charge in [0.25, 0.3) is 17.6 Å². The van der Waals surface area contributed by atoms with E-state index in [4.69, 9.17) is 4.74 Å². The van der Waals surface area contributed by atoms with E-state index in [2.05, 4.69) is 25.1 Å². The lowest BCUT2D eigenvalue weighted by Gasteiger charge is -2.29. The number of pyridine rings is 2. The van der Waals surface area contributed by atoms with Crippen molar-refractivity contribution in [3.8, 4) is 28.4 Å². The number of nitrogens with zero attached hydrogens (tertiary/aromatic N) is 5. The summed E-state index contributed by atoms with van der Waals surface area (Å²) in [5.41, 5.74) is 5.82. The normalized spacial score (nSPS) is 12.7. The van der Waals surface area contributed by atoms with Gasteiger partial charge in [-0.05, 0) is 35.7 Å². The molecule has 1 aromatic carbocycles. The van der Waals surface area contributed by atoms with Gasteiger partial charge in [-0.15, -0.1) is 0 Å². The smallest absolute Gasteiger partial charge is 0.295 e. The molecule has 11 heteroatoms. The molecule has 0 atom stereocenters. The highest BCUT2D eigenvalue weighted by atomic mass is 16.5. The predicted molar refractivity (Wildman–Crippen MR) is 151 cm³/mol. The van der Waals surface area contributed by atoms with Crippen LogP contribution in [0.5, 0.6) is 5.75 Å². The predicted octanol–water partition coefficient (Wildman–Crippen LogP) is 3.49. The van der Waals surface area contributed by atoms with Crippen LogP contribution < -0.4 is 4.74 Å². The van der Waals surface area contributed by atoms with Crippen molar-refractivity contribution in [2.24, 2.45) is 0 Å². The number of nitrogens with one attached hydrogen (secondary N) is 2. The second-order valence-corrected chi connectivity index (χ2v) is 9.96. The number of carbonyl (C=O) groups is 3. The Morgan fingerprint density at radius 2 is 1.90 bits per heavy atom. The Bertz CT molecular complexity index is 1810. The summed E-state index contributed by atoms with van der Waals surface area (Å²) < 4.78 is 5.51. The van der Waals surface area contributed by atoms with Gasteiger partial charge >= 0.3 is 0 Å². The van der Waals surface area contributed by atoms with Crippen molar-refractivity contribution in [1.29, 1.82) is 0 Å². The third kappa shape index (κ3) is 4.50. The molecule has 0 fully saturated rings. The van der Waals surface area contributed by atoms with Gasteiger partial charge in [0.1, 0.15) is 22.8 Å². The molecule has 6 rings (SSSR count). The standard InChI is InChI=1S/C30H27N7O4/c1-36(2)29(39)23-13-22(34-35-23)26-27-25(24(41-3)15-33-26)20(14-32-27)28(38)30(40)37-12-10-18-17(16-37)7-6-8-19(18)21-9-4-5-11-31-21/h4-9,11,13-15,32H,10,12,16H2,1-3H3,(H,34,35). The summed E-state index contributed by atoms with van der Waals surface area (Å²) in [7, 11) is 4.77. The average Bonchev–Trinajstić information content (AvgIpc) is 3.68. The van der Waals surface area contributed by atoms with Gasteiger partial charge in [-0.25, -0.2) is 4.98 Å². The third-order valence-electron chi connectivity index (χ3n) is 7.28. The summed E-state index contributed by atoms with van der Waals surface area (Å²) in [6.07, 6.45) is 5.34. The topological polar surface area (TPSA) is 137 Å². The van der Waals surface area contributed by atoms with Gasteiger partial charge in [0.2, 0.25) is 0 Å². The number of benzene rings is 1. The van der Waals surface area contributed by atoms with Crippen molar-refractivity contribution in [3.63, 3.8) is 0 Å². The molecular weight excluding hydrogens is 522 g/mol. The first-order chi connectivity index (χ1) is 19.9. The zero-order valence-electron chi connectivity index (χ0n) is 22.8. The molecule has 1 aliphatic rings. The molecule has 2 N–H and O–H groups in total. The molecule has 2 amide bonds. The maximum absolute atomic E-state index is 13.6. The van der Waals surface area contributed by atoms with Crippen LogP contribution in [0.2, 0.25) is 0 Å². The van der Waals surface area contributed by atoms with Crippen molar-refractivity contribution in [2.75, 3.05) is 27.7 Å². The lowest BCUT2D eigenvalue weighted by atomic mass is 9.92. The van der Waals surface area contributed by atoms with E-state index in [9.17, 15) is 14.4 Å². The molecule has 0 unspecified atom stereocenters. The monoisotopic (exact) mass is 549 g/mol. The quantitative estimate of drug-likeness (QED) is 0.244. The summed E-state index contributed by atoms with van der Waals surface area (Å²) in [6.45, 7) is 0.729. The molecule has 0 saturated carbocycles. The molecule has 0 radical (unpaired) electrons. The Kier molecular flexibility index (Phi) is 6.54. The second kappa shape index (κ2) is 10.3. The van der Waals surface area contributed by atoms with E-state index < -0.39 is 11.7 Å². The van der Waals surface area contributed by atoms with Gasteiger partial charge in [-0.3, -0.25) is 24.5 Å². The molecule has 41 heavy (non-hydrogen) atoms. The van der Waals surface area contributed by atoms with Crippen molar-refractivity contribution in [2.45, 2.75) is 13.0 Å². The number of H-pyrrole nitrogens is 2. The first kappa shape index (κ1) is 25.9. The largest absolute Gasteiger partial charge is 0.494 e. The summed E-state index contributed by atoms with van der Waals surface area (Å²) >= 11 is 0. The molecule has 0 saturated heterocycles. The van der Waals surface area contributed by atoms with Gasteiger partial charge in [-0.2, -0.15) is 5.10 Å². The molecule has 0 aliphatic carbocycles. The molecule has 5 aromatic rings. The number of Topliss-reactive ketones (excluding diaryl/α,β-unsaturated/α-hetero) is 1. The fourth-order valence-electron chi connectivity index (χ4n) is 5.24. The summed E-state index contributed by atoms with van der Waals surface area (Å²) in [5, 5.41) is 7.41. The number of ether oxygens (including phenoxy) is 1. The van der Waals surface area contributed by atoms with Gasteiger partial charge < -0.3 is 19.5 Å². The fourth-order valence-corrected chi connectivity index (χ4v) is 5.24. The molecule has 11 nitrogen and oxygen atoms in total. The summed E-state index contributed by atoms with van der Waals surface area (Å²) in [4.78, 5) is 54.6. The van der Waals surface area contributed by atoms with E-state index in [0.717, 1.165) is 22.4 Å². The van der Waals surface area contributed by atoms with E-state index in [-0.39, 0.29) is 11.5 Å². The Balaban J connectivity index is 1.31. The van der Waals surface area contributed by atoms with Crippen LogP contribution in [0.25, 0.3) is 33.5 Å². The molecule has 4 aromatic heterocycles. The maximum atomic E-state index is 13.6. The van der Waals surface area contributed by atoms with Crippen LogP contribution >= 0.6 is 0 Å². The van der Waals surface area contributed by atoms with Crippen molar-refractivity contribution < 1.29 is 19.1 Å². The van der Waals surface area contributed by atoms with E-state index in [0.29, 0.717) is 53.2 Å². The number of aromatic nitrogens is 5. The Morgan fingerprint density at radius 1 is 1.05 bits per heavy atom. The van der Waals surface area contributed by atoms with Crippen LogP contribution in [-0.4, -0.2) is 80.3 Å². The number of rotatable bonds is 6. The zero-order chi connectivity index (χ0) is 28.7. The average molecular weight is 550 g/mol. The van der Waals surface area contributed by atoms with E-state index >= 15 is 0 Å². The molecular formula is C30H27N7O4. The van der Waals surface area contributed by atoms with Crippen LogP contribution in [0.15, 0.2) is 61.1 Å². The van der Waals surface area contributed by atoms with Crippen molar-refractivity contribution in [1.82, 2.24) is 34.9 Å². The first-order valence-electron chi connectivity index (χ1n) is 13.0. The van der Waals surface area contributed by atoms with Crippen LogP contribution in [0, 0.1) is 0 Å². The third-order valence-corrected chi connectivity index (χ3v) is 7.28. The number of methoxy groups -OCH3 is 1. The van der Waals surface area contributed by atoms with Gasteiger partial charge in [0, 0.05) is 45.1 Å². The van der Waals surface area contributed by atoms with Crippen molar-refractivity contribution >= 4 is 28.5 Å². The minimum atomic E-state index is -0.651. The van der Waals surface area contributed by atoms with Crippen LogP contribution in [0.3, 0.4) is 0 Å². The lowest BCUT2D eigenvalue weighted by Crippen LogP contribution is -2.40. The highest BCUT2D eigenvalue weighted by molar-refractivity contribution is 6.45. The second-order valence-electron chi connectivity index (χ2n) is 9.96. The van der Waals surface area contributed by atoms with Crippen LogP contribution in [0.1, 0.15) is 32.0 Å². The molecule has 0 spiro atoms. The zero-order valence-corrected chi connectivity index (χ0v) is 22.8. The molecule has 206 valence electrons. The summed E-state index contributed by atoms with van der Waals surface area (Å²) in [5.74, 6) is -1.15. The molecule has 1 aliphatic heterocycles. The highest BCUT2D eigenvalue weighted by Crippen LogP contribution is 2.35. The highest BCUT2D eigenvalue weighted by Gasteiger charge is 2.31. The SMILES string of the molecule is COc1cnc(-c2cc(C(=O)N(C)C)[nH]n2)c2[nH]cc(C(=O)C(=O)N3CCc4c(cccc4-c4ccccn4)C3)c12. The number of aromatic amines is 2. The molecule has 5 heterocycles. The van der Waals surface area contributed by atoms with E-state index in [1.165, 1.54) is 24.4 Å². The number of hydrogen-bond donors (Lipinski definition) is 2. The van der Waals surface area contributed by atoms with Gasteiger partial charge in [0.15, 0.2) is 0 Å². The Labute approximate surface area is 235 Å². The minimum Gasteiger partial charge on any atom is -0.494 e. The lowest BCUT2D eigenvalue weighted by molar-refractivity contribution is -0.127. The van der Waals surface area contributed by atoms with Gasteiger partial charge in [0.05, 0.1) is 35.5 Å². The summed E-state index contributed by atoms with van der Waals surface area (Å²) in [6, 6.07) is 13.3. The van der Waals surface area contributed by atoms with Crippen molar-refractivity contribution in [3.05, 3.63) is 83.4 Å². The van der Waals surface area contributed by atoms with E-state index in [1.54, 1.807) is 31.3 Å². The van der Waals surface area contributed by atoms with Crippen LogP contribution in [-0.2, 0) is 17.8 Å². The number of ketones is 1.